The van der Waals surface area contributed by atoms with Gasteiger partial charge in [0.05, 0.1) is 0 Å². The Labute approximate surface area is 110 Å². The molecule has 2 N–H and O–H groups in total. The summed E-state index contributed by atoms with van der Waals surface area (Å²) in [6.07, 6.45) is 5.82. The second-order valence-corrected chi connectivity index (χ2v) is 6.54. The van der Waals surface area contributed by atoms with E-state index in [0.717, 1.165) is 25.0 Å². The van der Waals surface area contributed by atoms with Crippen molar-refractivity contribution in [3.05, 3.63) is 28.8 Å². The van der Waals surface area contributed by atoms with Crippen molar-refractivity contribution in [1.82, 2.24) is 0 Å². The molecular formula is C16H23NO. The van der Waals surface area contributed by atoms with Crippen LogP contribution in [0, 0.1) is 13.8 Å². The van der Waals surface area contributed by atoms with Gasteiger partial charge in [0.25, 0.3) is 0 Å². The second-order valence-electron chi connectivity index (χ2n) is 6.54. The number of ether oxygens (including phenoxy) is 1. The van der Waals surface area contributed by atoms with Crippen LogP contribution in [-0.2, 0) is 5.54 Å². The zero-order valence-corrected chi connectivity index (χ0v) is 11.7. The van der Waals surface area contributed by atoms with E-state index in [1.54, 1.807) is 0 Å². The smallest absolute Gasteiger partial charge is 0.125 e. The van der Waals surface area contributed by atoms with Crippen molar-refractivity contribution in [2.45, 2.75) is 64.0 Å². The average molecular weight is 245 g/mol. The third-order valence-corrected chi connectivity index (χ3v) is 4.55. The number of rotatable bonds is 0. The SMILES string of the molecule is Cc1cc(C)c2c(c1)OC1(CCCC1)CC2(C)N. The number of benzene rings is 1. The van der Waals surface area contributed by atoms with Gasteiger partial charge in [0.15, 0.2) is 0 Å². The Morgan fingerprint density at radius 3 is 2.50 bits per heavy atom. The molecule has 3 rings (SSSR count). The lowest BCUT2D eigenvalue weighted by Crippen LogP contribution is -2.50. The first kappa shape index (κ1) is 12.0. The highest BCUT2D eigenvalue weighted by molar-refractivity contribution is 5.49. The van der Waals surface area contributed by atoms with Crippen molar-refractivity contribution in [2.75, 3.05) is 0 Å². The largest absolute Gasteiger partial charge is 0.487 e. The molecule has 1 unspecified atom stereocenters. The summed E-state index contributed by atoms with van der Waals surface area (Å²) >= 11 is 0. The van der Waals surface area contributed by atoms with Gasteiger partial charge < -0.3 is 10.5 Å². The molecule has 1 aliphatic heterocycles. The van der Waals surface area contributed by atoms with Crippen molar-refractivity contribution in [3.63, 3.8) is 0 Å². The van der Waals surface area contributed by atoms with E-state index in [1.165, 1.54) is 29.5 Å². The third-order valence-electron chi connectivity index (χ3n) is 4.55. The molecule has 1 saturated carbocycles. The van der Waals surface area contributed by atoms with Gasteiger partial charge in [-0.05, 0) is 63.6 Å². The van der Waals surface area contributed by atoms with E-state index in [1.807, 2.05) is 0 Å². The molecular weight excluding hydrogens is 222 g/mol. The fourth-order valence-corrected chi connectivity index (χ4v) is 4.07. The van der Waals surface area contributed by atoms with Gasteiger partial charge in [0.1, 0.15) is 11.4 Å². The second kappa shape index (κ2) is 3.74. The van der Waals surface area contributed by atoms with Gasteiger partial charge in [-0.15, -0.1) is 0 Å². The normalized spacial score (nSPS) is 29.1. The Balaban J connectivity index is 2.13. The van der Waals surface area contributed by atoms with E-state index in [0.29, 0.717) is 0 Å². The third kappa shape index (κ3) is 1.74. The molecule has 0 bridgehead atoms. The van der Waals surface area contributed by atoms with Crippen LogP contribution in [0.3, 0.4) is 0 Å². The number of hydrogen-bond donors (Lipinski definition) is 1. The Morgan fingerprint density at radius 2 is 1.83 bits per heavy atom. The molecule has 1 heterocycles. The molecule has 18 heavy (non-hydrogen) atoms. The number of fused-ring (bicyclic) bond motifs is 1. The molecule has 2 aliphatic rings. The predicted octanol–water partition coefficient (Wildman–Crippen LogP) is 3.57. The van der Waals surface area contributed by atoms with Crippen molar-refractivity contribution in [1.29, 1.82) is 0 Å². The fraction of sp³-hybridized carbons (Fsp3) is 0.625. The molecule has 1 spiro atoms. The zero-order valence-electron chi connectivity index (χ0n) is 11.7. The molecule has 0 amide bonds. The first-order chi connectivity index (χ1) is 8.42. The molecule has 1 fully saturated rings. The molecule has 0 aromatic heterocycles. The van der Waals surface area contributed by atoms with Gasteiger partial charge in [-0.2, -0.15) is 0 Å². The Kier molecular flexibility index (Phi) is 2.50. The first-order valence-electron chi connectivity index (χ1n) is 7.02. The van der Waals surface area contributed by atoms with Crippen molar-refractivity contribution < 1.29 is 4.74 Å². The van der Waals surface area contributed by atoms with Gasteiger partial charge in [0, 0.05) is 17.5 Å². The van der Waals surface area contributed by atoms with Crippen molar-refractivity contribution >= 4 is 0 Å². The first-order valence-corrected chi connectivity index (χ1v) is 7.02. The summed E-state index contributed by atoms with van der Waals surface area (Å²) in [5, 5.41) is 0. The fourth-order valence-electron chi connectivity index (χ4n) is 4.07. The number of hydrogen-bond acceptors (Lipinski definition) is 2. The van der Waals surface area contributed by atoms with Crippen LogP contribution in [0.15, 0.2) is 12.1 Å². The summed E-state index contributed by atoms with van der Waals surface area (Å²) in [6, 6.07) is 4.37. The molecule has 0 radical (unpaired) electrons. The van der Waals surface area contributed by atoms with E-state index in [4.69, 9.17) is 10.5 Å². The molecule has 0 saturated heterocycles. The maximum absolute atomic E-state index is 6.61. The van der Waals surface area contributed by atoms with Crippen LogP contribution in [0.4, 0.5) is 0 Å². The molecule has 2 nitrogen and oxygen atoms in total. The van der Waals surface area contributed by atoms with Crippen LogP contribution < -0.4 is 10.5 Å². The van der Waals surface area contributed by atoms with Crippen LogP contribution in [0.25, 0.3) is 0 Å². The van der Waals surface area contributed by atoms with E-state index in [2.05, 4.69) is 32.9 Å². The number of nitrogens with two attached hydrogens (primary N) is 1. The Morgan fingerprint density at radius 1 is 1.17 bits per heavy atom. The van der Waals surface area contributed by atoms with Gasteiger partial charge in [0.2, 0.25) is 0 Å². The topological polar surface area (TPSA) is 35.2 Å². The van der Waals surface area contributed by atoms with E-state index >= 15 is 0 Å². The van der Waals surface area contributed by atoms with E-state index in [-0.39, 0.29) is 11.1 Å². The van der Waals surface area contributed by atoms with E-state index < -0.39 is 0 Å². The quantitative estimate of drug-likeness (QED) is 0.758. The molecule has 1 aromatic rings. The minimum Gasteiger partial charge on any atom is -0.487 e. The summed E-state index contributed by atoms with van der Waals surface area (Å²) in [5.41, 5.74) is 10.1. The van der Waals surface area contributed by atoms with Crippen LogP contribution >= 0.6 is 0 Å². The summed E-state index contributed by atoms with van der Waals surface area (Å²) < 4.78 is 6.40. The van der Waals surface area contributed by atoms with Gasteiger partial charge >= 0.3 is 0 Å². The minimum absolute atomic E-state index is 0.0106. The van der Waals surface area contributed by atoms with E-state index in [9.17, 15) is 0 Å². The van der Waals surface area contributed by atoms with Crippen LogP contribution in [-0.4, -0.2) is 5.60 Å². The molecule has 1 aliphatic carbocycles. The number of aryl methyl sites for hydroxylation is 2. The maximum Gasteiger partial charge on any atom is 0.125 e. The van der Waals surface area contributed by atoms with Crippen LogP contribution in [0.1, 0.15) is 55.7 Å². The highest BCUT2D eigenvalue weighted by atomic mass is 16.5. The van der Waals surface area contributed by atoms with Gasteiger partial charge in [-0.25, -0.2) is 0 Å². The summed E-state index contributed by atoms with van der Waals surface area (Å²) in [6.45, 7) is 6.43. The van der Waals surface area contributed by atoms with Gasteiger partial charge in [-0.1, -0.05) is 6.07 Å². The molecule has 1 atom stereocenters. The zero-order chi connectivity index (χ0) is 13.0. The predicted molar refractivity (Wildman–Crippen MR) is 73.9 cm³/mol. The molecule has 1 aromatic carbocycles. The Hall–Kier alpha value is -1.02. The summed E-state index contributed by atoms with van der Waals surface area (Å²) in [5.74, 6) is 1.03. The highest BCUT2D eigenvalue weighted by Crippen LogP contribution is 2.49. The standard InChI is InChI=1S/C16H23NO/c1-11-8-12(2)14-13(9-11)18-16(6-4-5-7-16)10-15(14,3)17/h8-9H,4-7,10,17H2,1-3H3. The highest BCUT2D eigenvalue weighted by Gasteiger charge is 2.47. The lowest BCUT2D eigenvalue weighted by molar-refractivity contribution is 0.0221. The van der Waals surface area contributed by atoms with Crippen molar-refractivity contribution in [2.24, 2.45) is 5.73 Å². The lowest BCUT2D eigenvalue weighted by Gasteiger charge is -2.45. The Bertz CT molecular complexity index is 484. The summed E-state index contributed by atoms with van der Waals surface area (Å²) in [4.78, 5) is 0. The summed E-state index contributed by atoms with van der Waals surface area (Å²) in [7, 11) is 0. The lowest BCUT2D eigenvalue weighted by atomic mass is 9.75. The van der Waals surface area contributed by atoms with Crippen LogP contribution in [0.2, 0.25) is 0 Å². The monoisotopic (exact) mass is 245 g/mol. The van der Waals surface area contributed by atoms with Crippen molar-refractivity contribution in [3.8, 4) is 5.75 Å². The maximum atomic E-state index is 6.61. The van der Waals surface area contributed by atoms with Gasteiger partial charge in [-0.3, -0.25) is 0 Å². The average Bonchev–Trinajstić information content (AvgIpc) is 2.61. The minimum atomic E-state index is -0.254. The van der Waals surface area contributed by atoms with Crippen LogP contribution in [0.5, 0.6) is 5.75 Å². The molecule has 98 valence electrons. The molecule has 2 heteroatoms.